The van der Waals surface area contributed by atoms with Crippen LogP contribution in [0.2, 0.25) is 0 Å². The van der Waals surface area contributed by atoms with E-state index in [0.29, 0.717) is 5.56 Å². The number of aliphatic hydroxyl groups is 1. The number of carbonyl (C=O) groups is 3. The minimum Gasteiger partial charge on any atom is -0.508 e. The van der Waals surface area contributed by atoms with Crippen molar-refractivity contribution >= 4 is 17.9 Å². The molecule has 2 rings (SSSR count). The van der Waals surface area contributed by atoms with Crippen LogP contribution in [0.15, 0.2) is 24.3 Å². The summed E-state index contributed by atoms with van der Waals surface area (Å²) < 4.78 is 5.16. The van der Waals surface area contributed by atoms with E-state index in [4.69, 9.17) is 4.74 Å². The van der Waals surface area contributed by atoms with Crippen molar-refractivity contribution in [3.63, 3.8) is 0 Å². The molecule has 1 aliphatic carbocycles. The highest BCUT2D eigenvalue weighted by Crippen LogP contribution is 2.26. The van der Waals surface area contributed by atoms with Gasteiger partial charge in [0, 0.05) is 6.04 Å². The van der Waals surface area contributed by atoms with Crippen molar-refractivity contribution in [1.29, 1.82) is 5.26 Å². The Balaban J connectivity index is 2.36. The third kappa shape index (κ3) is 7.92. The average Bonchev–Trinajstić information content (AvgIpc) is 2.76. The lowest BCUT2D eigenvalue weighted by molar-refractivity contribution is -0.142. The van der Waals surface area contributed by atoms with Crippen LogP contribution >= 0.6 is 0 Å². The highest BCUT2D eigenvalue weighted by Gasteiger charge is 2.37. The van der Waals surface area contributed by atoms with Crippen molar-refractivity contribution in [2.75, 3.05) is 13.2 Å². The van der Waals surface area contributed by atoms with Gasteiger partial charge in [-0.2, -0.15) is 5.26 Å². The molecule has 0 heterocycles. The van der Waals surface area contributed by atoms with Gasteiger partial charge in [0.25, 0.3) is 0 Å². The Hall–Kier alpha value is -3.32. The predicted molar refractivity (Wildman–Crippen MR) is 123 cm³/mol. The van der Waals surface area contributed by atoms with Crippen LogP contribution in [-0.2, 0) is 14.3 Å². The Morgan fingerprint density at radius 3 is 2.47 bits per heavy atom. The molecule has 4 N–H and O–H groups in total. The molecule has 0 saturated heterocycles. The molecule has 1 aromatic rings. The molecule has 1 aliphatic rings. The van der Waals surface area contributed by atoms with Gasteiger partial charge in [-0.05, 0) is 51.3 Å². The van der Waals surface area contributed by atoms with E-state index >= 15 is 0 Å². The minimum absolute atomic E-state index is 0.0615. The summed E-state index contributed by atoms with van der Waals surface area (Å²) in [5, 5.41) is 34.5. The van der Waals surface area contributed by atoms with Gasteiger partial charge in [-0.15, -0.1) is 0 Å². The second-order valence-electron chi connectivity index (χ2n) is 9.35. The first kappa shape index (κ1) is 26.9. The fourth-order valence-electron chi connectivity index (χ4n) is 3.90. The molecule has 3 amide bonds. The van der Waals surface area contributed by atoms with Crippen LogP contribution in [0.25, 0.3) is 0 Å². The van der Waals surface area contributed by atoms with Crippen molar-refractivity contribution < 1.29 is 29.3 Å². The molecule has 0 bridgehead atoms. The number of aliphatic hydroxyl groups excluding tert-OH is 1. The third-order valence-electron chi connectivity index (χ3n) is 5.39. The van der Waals surface area contributed by atoms with Gasteiger partial charge >= 0.3 is 6.09 Å². The predicted octanol–water partition coefficient (Wildman–Crippen LogP) is 2.12. The first-order chi connectivity index (χ1) is 16.1. The van der Waals surface area contributed by atoms with E-state index in [1.54, 1.807) is 26.8 Å². The number of phenols is 1. The number of rotatable bonds is 8. The quantitative estimate of drug-likeness (QED) is 0.421. The van der Waals surface area contributed by atoms with Crippen molar-refractivity contribution in [1.82, 2.24) is 15.5 Å². The van der Waals surface area contributed by atoms with Crippen LogP contribution in [0.3, 0.4) is 0 Å². The SMILES string of the molecule is CC(C)(C)OC(=O)NC(CO)C(=O)N(CC#N)C(C(=O)NC1CCCCC1)c1cccc(O)c1. The van der Waals surface area contributed by atoms with Gasteiger partial charge in [0.1, 0.15) is 30.0 Å². The molecule has 10 nitrogen and oxygen atoms in total. The summed E-state index contributed by atoms with van der Waals surface area (Å²) in [6.07, 6.45) is 3.76. The number of benzene rings is 1. The van der Waals surface area contributed by atoms with Gasteiger partial charge in [0.15, 0.2) is 0 Å². The molecule has 1 aromatic carbocycles. The summed E-state index contributed by atoms with van der Waals surface area (Å²) in [5.74, 6) is -1.44. The lowest BCUT2D eigenvalue weighted by atomic mass is 9.94. The molecule has 0 aromatic heterocycles. The number of ether oxygens (including phenoxy) is 1. The zero-order valence-corrected chi connectivity index (χ0v) is 19.9. The van der Waals surface area contributed by atoms with E-state index in [0.717, 1.165) is 37.0 Å². The fourth-order valence-corrected chi connectivity index (χ4v) is 3.90. The number of alkyl carbamates (subject to hydrolysis) is 1. The largest absolute Gasteiger partial charge is 0.508 e. The summed E-state index contributed by atoms with van der Waals surface area (Å²) in [5.41, 5.74) is -0.533. The normalized spacial score (nSPS) is 16.0. The zero-order valence-electron chi connectivity index (χ0n) is 19.9. The number of hydrogen-bond donors (Lipinski definition) is 4. The summed E-state index contributed by atoms with van der Waals surface area (Å²) >= 11 is 0. The van der Waals surface area contributed by atoms with E-state index in [1.807, 2.05) is 6.07 Å². The molecule has 0 aliphatic heterocycles. The topological polar surface area (TPSA) is 152 Å². The molecule has 2 atom stereocenters. The second-order valence-corrected chi connectivity index (χ2v) is 9.35. The first-order valence-electron chi connectivity index (χ1n) is 11.4. The fraction of sp³-hybridized carbons (Fsp3) is 0.583. The van der Waals surface area contributed by atoms with Gasteiger partial charge in [-0.25, -0.2) is 4.79 Å². The van der Waals surface area contributed by atoms with Crippen LogP contribution in [0.5, 0.6) is 5.75 Å². The van der Waals surface area contributed by atoms with Gasteiger partial charge in [-0.1, -0.05) is 31.4 Å². The molecule has 186 valence electrons. The number of aromatic hydroxyl groups is 1. The van der Waals surface area contributed by atoms with Crippen LogP contribution in [-0.4, -0.2) is 63.9 Å². The molecule has 10 heteroatoms. The van der Waals surface area contributed by atoms with Crippen molar-refractivity contribution in [3.8, 4) is 11.8 Å². The van der Waals surface area contributed by atoms with E-state index < -0.39 is 48.7 Å². The van der Waals surface area contributed by atoms with Gasteiger partial charge in [0.05, 0.1) is 12.7 Å². The molecular formula is C24H34N4O6. The van der Waals surface area contributed by atoms with E-state index in [1.165, 1.54) is 18.2 Å². The molecular weight excluding hydrogens is 440 g/mol. The standard InChI is InChI=1S/C24H34N4O6/c1-24(2,3)34-23(33)27-19(15-29)22(32)28(13-12-25)20(16-8-7-11-18(30)14-16)21(31)26-17-9-5-4-6-10-17/h7-8,11,14,17,19-20,29-30H,4-6,9-10,13,15H2,1-3H3,(H,26,31)(H,27,33). The van der Waals surface area contributed by atoms with Gasteiger partial charge < -0.3 is 30.5 Å². The maximum absolute atomic E-state index is 13.4. The van der Waals surface area contributed by atoms with Crippen molar-refractivity contribution in [2.45, 2.75) is 76.6 Å². The first-order valence-corrected chi connectivity index (χ1v) is 11.4. The number of nitrogens with one attached hydrogen (secondary N) is 2. The Kier molecular flexibility index (Phi) is 9.69. The van der Waals surface area contributed by atoms with E-state index in [2.05, 4.69) is 10.6 Å². The Labute approximate surface area is 199 Å². The summed E-state index contributed by atoms with van der Waals surface area (Å²) in [6, 6.07) is 5.00. The molecule has 1 saturated carbocycles. The molecule has 0 radical (unpaired) electrons. The highest BCUT2D eigenvalue weighted by molar-refractivity contribution is 5.92. The van der Waals surface area contributed by atoms with Gasteiger partial charge in [0.2, 0.25) is 11.8 Å². The second kappa shape index (κ2) is 12.2. The Morgan fingerprint density at radius 2 is 1.91 bits per heavy atom. The summed E-state index contributed by atoms with van der Waals surface area (Å²) in [6.45, 7) is 3.70. The maximum Gasteiger partial charge on any atom is 0.408 e. The maximum atomic E-state index is 13.4. The molecule has 0 spiro atoms. The minimum atomic E-state index is -1.44. The van der Waals surface area contributed by atoms with Gasteiger partial charge in [-0.3, -0.25) is 9.59 Å². The number of nitrogens with zero attached hydrogens (tertiary/aromatic N) is 2. The van der Waals surface area contributed by atoms with Crippen molar-refractivity contribution in [2.24, 2.45) is 0 Å². The van der Waals surface area contributed by atoms with Crippen LogP contribution in [0.1, 0.15) is 64.5 Å². The zero-order chi connectivity index (χ0) is 25.3. The molecule has 2 unspecified atom stereocenters. The Morgan fingerprint density at radius 1 is 1.24 bits per heavy atom. The van der Waals surface area contributed by atoms with Crippen LogP contribution in [0, 0.1) is 11.3 Å². The van der Waals surface area contributed by atoms with Crippen LogP contribution in [0.4, 0.5) is 4.79 Å². The number of hydrogen-bond acceptors (Lipinski definition) is 7. The van der Waals surface area contributed by atoms with E-state index in [-0.39, 0.29) is 11.8 Å². The number of amides is 3. The van der Waals surface area contributed by atoms with E-state index in [9.17, 15) is 29.9 Å². The lowest BCUT2D eigenvalue weighted by Crippen LogP contribution is -2.55. The number of carbonyl (C=O) groups excluding carboxylic acids is 3. The number of nitriles is 1. The summed E-state index contributed by atoms with van der Waals surface area (Å²) in [4.78, 5) is 40.0. The van der Waals surface area contributed by atoms with Crippen molar-refractivity contribution in [3.05, 3.63) is 29.8 Å². The third-order valence-corrected chi connectivity index (χ3v) is 5.39. The number of phenolic OH excluding ortho intramolecular Hbond substituents is 1. The smallest absolute Gasteiger partial charge is 0.408 e. The molecule has 1 fully saturated rings. The Bertz CT molecular complexity index is 901. The summed E-state index contributed by atoms with van der Waals surface area (Å²) in [7, 11) is 0. The van der Waals surface area contributed by atoms with Crippen LogP contribution < -0.4 is 10.6 Å². The molecule has 34 heavy (non-hydrogen) atoms. The average molecular weight is 475 g/mol. The highest BCUT2D eigenvalue weighted by atomic mass is 16.6. The monoisotopic (exact) mass is 474 g/mol. The lowest BCUT2D eigenvalue weighted by Gasteiger charge is -2.34.